The molecule has 1 aliphatic heterocycles. The van der Waals surface area contributed by atoms with E-state index in [1.807, 2.05) is 25.1 Å². The topological polar surface area (TPSA) is 20.3 Å². The Labute approximate surface area is 132 Å². The van der Waals surface area contributed by atoms with Crippen molar-refractivity contribution < 1.29 is 13.6 Å². The van der Waals surface area contributed by atoms with Crippen molar-refractivity contribution in [3.63, 3.8) is 0 Å². The zero-order valence-corrected chi connectivity index (χ0v) is 12.8. The van der Waals surface area contributed by atoms with Crippen molar-refractivity contribution in [2.24, 2.45) is 0 Å². The summed E-state index contributed by atoms with van der Waals surface area (Å²) in [7, 11) is 0. The zero-order chi connectivity index (χ0) is 15.9. The molecule has 0 N–H and O–H groups in total. The Bertz CT molecular complexity index is 761. The van der Waals surface area contributed by atoms with Crippen LogP contribution in [0.4, 0.5) is 14.5 Å². The molecule has 0 atom stereocenters. The molecule has 0 radical (unpaired) electrons. The van der Waals surface area contributed by atoms with Crippen LogP contribution in [0.3, 0.4) is 0 Å². The number of benzene rings is 2. The summed E-state index contributed by atoms with van der Waals surface area (Å²) in [5.41, 5.74) is 2.99. The summed E-state index contributed by atoms with van der Waals surface area (Å²) in [6.45, 7) is 2.53. The highest BCUT2D eigenvalue weighted by Crippen LogP contribution is 2.31. The fourth-order valence-corrected chi connectivity index (χ4v) is 3.00. The molecule has 5 heteroatoms. The van der Waals surface area contributed by atoms with Gasteiger partial charge in [0.25, 0.3) is 5.91 Å². The largest absolute Gasteiger partial charge is 0.308 e. The van der Waals surface area contributed by atoms with E-state index in [2.05, 4.69) is 0 Å². The second kappa shape index (κ2) is 5.69. The van der Waals surface area contributed by atoms with Crippen LogP contribution in [0.1, 0.15) is 27.9 Å². The van der Waals surface area contributed by atoms with E-state index in [4.69, 9.17) is 11.6 Å². The highest BCUT2D eigenvalue weighted by atomic mass is 35.5. The first kappa shape index (κ1) is 15.0. The van der Waals surface area contributed by atoms with Crippen LogP contribution in [0.5, 0.6) is 0 Å². The normalized spacial score (nSPS) is 13.9. The Morgan fingerprint density at radius 2 is 1.91 bits per heavy atom. The third kappa shape index (κ3) is 2.59. The van der Waals surface area contributed by atoms with Gasteiger partial charge in [0.05, 0.1) is 10.6 Å². The molecule has 0 unspecified atom stereocenters. The Balaban J connectivity index is 2.03. The summed E-state index contributed by atoms with van der Waals surface area (Å²) in [5, 5.41) is -0.0804. The van der Waals surface area contributed by atoms with E-state index in [0.717, 1.165) is 41.8 Å². The lowest BCUT2D eigenvalue weighted by Gasteiger charge is -2.30. The van der Waals surface area contributed by atoms with Crippen LogP contribution in [0.25, 0.3) is 0 Å². The number of aryl methyl sites for hydroxylation is 2. The molecule has 0 bridgehead atoms. The van der Waals surface area contributed by atoms with Crippen molar-refractivity contribution in [1.82, 2.24) is 0 Å². The number of hydrogen-bond donors (Lipinski definition) is 0. The SMILES string of the molecule is Cc1ccc2c(c1)CCCN2C(=O)c1cc(F)c(F)cc1Cl. The van der Waals surface area contributed by atoms with Crippen molar-refractivity contribution in [2.75, 3.05) is 11.4 Å². The lowest BCUT2D eigenvalue weighted by atomic mass is 9.99. The number of hydrogen-bond acceptors (Lipinski definition) is 1. The second-order valence-electron chi connectivity index (χ2n) is 5.44. The van der Waals surface area contributed by atoms with E-state index in [0.29, 0.717) is 6.54 Å². The lowest BCUT2D eigenvalue weighted by molar-refractivity contribution is 0.0984. The van der Waals surface area contributed by atoms with Crippen LogP contribution < -0.4 is 4.90 Å². The number of rotatable bonds is 1. The molecule has 2 aromatic rings. The molecule has 0 spiro atoms. The first-order valence-electron chi connectivity index (χ1n) is 7.03. The summed E-state index contributed by atoms with van der Waals surface area (Å²) in [4.78, 5) is 14.3. The van der Waals surface area contributed by atoms with Crippen LogP contribution in [0.15, 0.2) is 30.3 Å². The molecule has 0 aliphatic carbocycles. The Morgan fingerprint density at radius 1 is 1.18 bits per heavy atom. The molecule has 1 amide bonds. The third-order valence-corrected chi connectivity index (χ3v) is 4.15. The van der Waals surface area contributed by atoms with Crippen LogP contribution in [-0.4, -0.2) is 12.5 Å². The molecule has 0 fully saturated rings. The highest BCUT2D eigenvalue weighted by Gasteiger charge is 2.26. The third-order valence-electron chi connectivity index (χ3n) is 3.84. The van der Waals surface area contributed by atoms with Gasteiger partial charge in [0.15, 0.2) is 11.6 Å². The molecule has 22 heavy (non-hydrogen) atoms. The van der Waals surface area contributed by atoms with Gasteiger partial charge in [0, 0.05) is 12.2 Å². The predicted molar refractivity (Wildman–Crippen MR) is 82.5 cm³/mol. The standard InChI is InChI=1S/C17H14ClF2NO/c1-10-4-5-16-11(7-10)3-2-6-21(16)17(22)12-8-14(19)15(20)9-13(12)18/h4-5,7-9H,2-3,6H2,1H3. The lowest BCUT2D eigenvalue weighted by Crippen LogP contribution is -2.35. The molecule has 2 nitrogen and oxygen atoms in total. The van der Waals surface area contributed by atoms with Gasteiger partial charge in [-0.1, -0.05) is 29.3 Å². The van der Waals surface area contributed by atoms with Crippen LogP contribution >= 0.6 is 11.6 Å². The van der Waals surface area contributed by atoms with Crippen molar-refractivity contribution >= 4 is 23.2 Å². The molecule has 2 aromatic carbocycles. The van der Waals surface area contributed by atoms with Gasteiger partial charge in [-0.05, 0) is 43.5 Å². The monoisotopic (exact) mass is 321 g/mol. The van der Waals surface area contributed by atoms with Gasteiger partial charge in [-0.25, -0.2) is 8.78 Å². The minimum atomic E-state index is -1.08. The maximum atomic E-state index is 13.4. The first-order chi connectivity index (χ1) is 10.5. The van der Waals surface area contributed by atoms with Gasteiger partial charge in [-0.3, -0.25) is 4.79 Å². The fraction of sp³-hybridized carbons (Fsp3) is 0.235. The number of carbonyl (C=O) groups is 1. The number of nitrogens with zero attached hydrogens (tertiary/aromatic N) is 1. The summed E-state index contributed by atoms with van der Waals surface area (Å²) in [6, 6.07) is 7.56. The molecule has 0 saturated heterocycles. The van der Waals surface area contributed by atoms with Crippen LogP contribution in [0.2, 0.25) is 5.02 Å². The molecule has 114 valence electrons. The van der Waals surface area contributed by atoms with E-state index < -0.39 is 17.5 Å². The quantitative estimate of drug-likeness (QED) is 0.707. The van der Waals surface area contributed by atoms with E-state index in [1.165, 1.54) is 0 Å². The van der Waals surface area contributed by atoms with Gasteiger partial charge in [-0.2, -0.15) is 0 Å². The number of fused-ring (bicyclic) bond motifs is 1. The van der Waals surface area contributed by atoms with Gasteiger partial charge in [0.1, 0.15) is 0 Å². The molecule has 1 heterocycles. The summed E-state index contributed by atoms with van der Waals surface area (Å²) >= 11 is 5.91. The van der Waals surface area contributed by atoms with Crippen molar-refractivity contribution in [2.45, 2.75) is 19.8 Å². The average molecular weight is 322 g/mol. The molecular formula is C17H14ClF2NO. The van der Waals surface area contributed by atoms with E-state index in [1.54, 1.807) is 4.90 Å². The van der Waals surface area contributed by atoms with Gasteiger partial charge in [0.2, 0.25) is 0 Å². The first-order valence-corrected chi connectivity index (χ1v) is 7.41. The Hall–Kier alpha value is -1.94. The van der Waals surface area contributed by atoms with Crippen molar-refractivity contribution in [3.8, 4) is 0 Å². The summed E-state index contributed by atoms with van der Waals surface area (Å²) < 4.78 is 26.6. The predicted octanol–water partition coefficient (Wildman–Crippen LogP) is 4.52. The Morgan fingerprint density at radius 3 is 2.68 bits per heavy atom. The number of anilines is 1. The second-order valence-corrected chi connectivity index (χ2v) is 5.85. The molecule has 1 aliphatic rings. The van der Waals surface area contributed by atoms with Gasteiger partial charge in [-0.15, -0.1) is 0 Å². The van der Waals surface area contributed by atoms with E-state index in [9.17, 15) is 13.6 Å². The maximum Gasteiger partial charge on any atom is 0.259 e. The minimum absolute atomic E-state index is 0.0195. The minimum Gasteiger partial charge on any atom is -0.308 e. The smallest absolute Gasteiger partial charge is 0.259 e. The number of halogens is 3. The molecule has 3 rings (SSSR count). The van der Waals surface area contributed by atoms with Gasteiger partial charge < -0.3 is 4.90 Å². The van der Waals surface area contributed by atoms with Gasteiger partial charge >= 0.3 is 0 Å². The van der Waals surface area contributed by atoms with Crippen LogP contribution in [0, 0.1) is 18.6 Å². The van der Waals surface area contributed by atoms with E-state index >= 15 is 0 Å². The molecular weight excluding hydrogens is 308 g/mol. The van der Waals surface area contributed by atoms with Crippen molar-refractivity contribution in [3.05, 3.63) is 63.7 Å². The zero-order valence-electron chi connectivity index (χ0n) is 12.0. The Kier molecular flexibility index (Phi) is 3.87. The summed E-state index contributed by atoms with van der Waals surface area (Å²) in [5.74, 6) is -2.54. The molecule has 0 saturated carbocycles. The maximum absolute atomic E-state index is 13.4. The van der Waals surface area contributed by atoms with E-state index in [-0.39, 0.29) is 10.6 Å². The molecule has 0 aromatic heterocycles. The number of carbonyl (C=O) groups excluding carboxylic acids is 1. The highest BCUT2D eigenvalue weighted by molar-refractivity contribution is 6.34. The summed E-state index contributed by atoms with van der Waals surface area (Å²) in [6.07, 6.45) is 1.72. The fourth-order valence-electron chi connectivity index (χ4n) is 2.77. The number of amides is 1. The average Bonchev–Trinajstić information content (AvgIpc) is 2.49. The van der Waals surface area contributed by atoms with Crippen LogP contribution in [-0.2, 0) is 6.42 Å². The van der Waals surface area contributed by atoms with Crippen molar-refractivity contribution in [1.29, 1.82) is 0 Å².